The number of nitrogens with zero attached hydrogens (tertiary/aromatic N) is 5. The molecule has 0 spiro atoms. The zero-order valence-electron chi connectivity index (χ0n) is 16.0. The normalized spacial score (nSPS) is 15.2. The average molecular weight is 395 g/mol. The van der Waals surface area contributed by atoms with Crippen LogP contribution in [0.1, 0.15) is 32.1 Å². The van der Waals surface area contributed by atoms with Crippen LogP contribution in [0.25, 0.3) is 11.3 Å². The van der Waals surface area contributed by atoms with Crippen LogP contribution in [-0.4, -0.2) is 26.3 Å². The van der Waals surface area contributed by atoms with E-state index in [1.165, 1.54) is 18.7 Å². The first kappa shape index (κ1) is 18.5. The van der Waals surface area contributed by atoms with Crippen molar-refractivity contribution in [3.63, 3.8) is 0 Å². The molecule has 2 aromatic heterocycles. The third-order valence-electron chi connectivity index (χ3n) is 4.74. The maximum atomic E-state index is 13.0. The first-order chi connectivity index (χ1) is 13.5. The smallest absolute Gasteiger partial charge is 0.307 e. The lowest BCUT2D eigenvalue weighted by Crippen LogP contribution is -2.59. The van der Waals surface area contributed by atoms with E-state index in [2.05, 4.69) is 17.0 Å². The van der Waals surface area contributed by atoms with Gasteiger partial charge < -0.3 is 9.67 Å². The summed E-state index contributed by atoms with van der Waals surface area (Å²) in [5, 5.41) is 18.1. The van der Waals surface area contributed by atoms with Crippen LogP contribution in [0.5, 0.6) is 5.88 Å². The van der Waals surface area contributed by atoms with Crippen LogP contribution < -0.4 is 14.7 Å². The summed E-state index contributed by atoms with van der Waals surface area (Å²) >= 11 is 1.45. The Bertz CT molecular complexity index is 1050. The molecule has 0 radical (unpaired) electrons. The van der Waals surface area contributed by atoms with Crippen LogP contribution >= 0.6 is 11.8 Å². The van der Waals surface area contributed by atoms with Gasteiger partial charge in [-0.25, -0.2) is 9.88 Å². The monoisotopic (exact) mass is 395 g/mol. The Kier molecular flexibility index (Phi) is 4.80. The maximum absolute atomic E-state index is 13.0. The van der Waals surface area contributed by atoms with Gasteiger partial charge in [-0.3, -0.25) is 4.79 Å². The van der Waals surface area contributed by atoms with Gasteiger partial charge in [-0.2, -0.15) is 0 Å². The van der Waals surface area contributed by atoms with Crippen LogP contribution in [0.3, 0.4) is 0 Å². The van der Waals surface area contributed by atoms with Crippen LogP contribution in [0, 0.1) is 0 Å². The van der Waals surface area contributed by atoms with Crippen molar-refractivity contribution in [2.24, 2.45) is 7.05 Å². The standard InChI is InChI=1S/C20H21N5O2S/c1-4-12-28-20-21-18(27)17-14-8-5-6-9-15(14)24(13(2)26)19(25(17)22-20)16-10-7-11-23(16)3/h5-11,19H,4,12H2,1-3H3. The summed E-state index contributed by atoms with van der Waals surface area (Å²) in [6, 6.07) is 11.3. The number of aryl methyl sites for hydroxylation is 1. The van der Waals surface area contributed by atoms with Crippen LogP contribution in [0.4, 0.5) is 5.69 Å². The minimum atomic E-state index is -0.556. The molecule has 1 aromatic carbocycles. The molecule has 0 fully saturated rings. The molecular weight excluding hydrogens is 374 g/mol. The van der Waals surface area contributed by atoms with Crippen molar-refractivity contribution in [2.45, 2.75) is 31.6 Å². The molecule has 0 N–H and O–H groups in total. The Balaban J connectivity index is 2.02. The molecular formula is C20H21N5O2S. The number of carbonyl (C=O) groups is 1. The third-order valence-corrected chi connectivity index (χ3v) is 5.78. The number of thioether (sulfide) groups is 1. The van der Waals surface area contributed by atoms with Gasteiger partial charge in [0.05, 0.1) is 17.1 Å². The summed E-state index contributed by atoms with van der Waals surface area (Å²) in [6.07, 6.45) is 2.31. The van der Waals surface area contributed by atoms with Gasteiger partial charge in [-0.1, -0.05) is 35.5 Å². The van der Waals surface area contributed by atoms with Crippen molar-refractivity contribution in [3.8, 4) is 17.1 Å². The van der Waals surface area contributed by atoms with Gasteiger partial charge in [0.25, 0.3) is 10.9 Å². The molecule has 0 aliphatic carbocycles. The van der Waals surface area contributed by atoms with E-state index in [1.807, 2.05) is 54.2 Å². The number of hydrogen-bond acceptors (Lipinski definition) is 5. The number of para-hydroxylation sites is 1. The van der Waals surface area contributed by atoms with Crippen LogP contribution in [0.15, 0.2) is 47.8 Å². The number of amides is 1. The summed E-state index contributed by atoms with van der Waals surface area (Å²) in [5.41, 5.74) is 2.62. The van der Waals surface area contributed by atoms with Crippen molar-refractivity contribution < 1.29 is 14.6 Å². The molecule has 0 saturated heterocycles. The number of carbonyl (C=O) groups excluding carboxylic acids is 1. The van der Waals surface area contributed by atoms with Gasteiger partial charge in [0.2, 0.25) is 5.91 Å². The first-order valence-electron chi connectivity index (χ1n) is 9.17. The molecule has 8 heteroatoms. The van der Waals surface area contributed by atoms with Gasteiger partial charge >= 0.3 is 6.17 Å². The van der Waals surface area contributed by atoms with Crippen molar-refractivity contribution >= 4 is 23.4 Å². The molecule has 7 nitrogen and oxygen atoms in total. The molecule has 4 rings (SSSR count). The molecule has 1 aliphatic heterocycles. The molecule has 28 heavy (non-hydrogen) atoms. The topological polar surface area (TPSA) is 78.0 Å². The van der Waals surface area contributed by atoms with Crippen LogP contribution in [-0.2, 0) is 11.8 Å². The fourth-order valence-electron chi connectivity index (χ4n) is 3.54. The first-order valence-corrected chi connectivity index (χ1v) is 10.2. The highest BCUT2D eigenvalue weighted by Gasteiger charge is 2.44. The zero-order chi connectivity index (χ0) is 19.8. The molecule has 3 heterocycles. The Morgan fingerprint density at radius 3 is 2.75 bits per heavy atom. The molecule has 3 aromatic rings. The second-order valence-corrected chi connectivity index (χ2v) is 7.73. The summed E-state index contributed by atoms with van der Waals surface area (Å²) in [4.78, 5) is 18.6. The molecule has 1 amide bonds. The predicted octanol–water partition coefficient (Wildman–Crippen LogP) is 2.26. The van der Waals surface area contributed by atoms with Crippen LogP contribution in [0.2, 0.25) is 0 Å². The number of hydrogen-bond donors (Lipinski definition) is 0. The van der Waals surface area contributed by atoms with E-state index in [0.29, 0.717) is 22.1 Å². The second-order valence-electron chi connectivity index (χ2n) is 6.66. The van der Waals surface area contributed by atoms with E-state index in [0.717, 1.165) is 17.9 Å². The van der Waals surface area contributed by atoms with Gasteiger partial charge in [-0.05, 0) is 30.7 Å². The molecule has 0 bridgehead atoms. The number of aromatic nitrogens is 4. The Morgan fingerprint density at radius 1 is 1.29 bits per heavy atom. The minimum absolute atomic E-state index is 0.120. The van der Waals surface area contributed by atoms with Crippen molar-refractivity contribution in [1.29, 1.82) is 0 Å². The van der Waals surface area contributed by atoms with E-state index >= 15 is 0 Å². The molecule has 1 aliphatic rings. The van der Waals surface area contributed by atoms with Gasteiger partial charge in [-0.15, -0.1) is 0 Å². The van der Waals surface area contributed by atoms with E-state index in [-0.39, 0.29) is 11.8 Å². The van der Waals surface area contributed by atoms with Crippen molar-refractivity contribution in [1.82, 2.24) is 14.6 Å². The lowest BCUT2D eigenvalue weighted by Gasteiger charge is -2.32. The highest BCUT2D eigenvalue weighted by atomic mass is 32.2. The maximum Gasteiger partial charge on any atom is 0.307 e. The predicted molar refractivity (Wildman–Crippen MR) is 105 cm³/mol. The number of rotatable bonds is 4. The van der Waals surface area contributed by atoms with Gasteiger partial charge in [0.15, 0.2) is 0 Å². The summed E-state index contributed by atoms with van der Waals surface area (Å²) < 4.78 is 3.60. The Labute approximate surface area is 167 Å². The minimum Gasteiger partial charge on any atom is -0.854 e. The Hall–Kier alpha value is -2.87. The average Bonchev–Trinajstić information content (AvgIpc) is 3.10. The highest BCUT2D eigenvalue weighted by Crippen LogP contribution is 2.40. The van der Waals surface area contributed by atoms with E-state index in [1.54, 1.807) is 9.58 Å². The van der Waals surface area contributed by atoms with E-state index in [9.17, 15) is 9.90 Å². The molecule has 1 unspecified atom stereocenters. The van der Waals surface area contributed by atoms with E-state index < -0.39 is 6.17 Å². The number of anilines is 1. The molecule has 1 atom stereocenters. The zero-order valence-corrected chi connectivity index (χ0v) is 16.8. The lowest BCUT2D eigenvalue weighted by molar-refractivity contribution is -0.764. The fraction of sp³-hybridized carbons (Fsp3) is 0.300. The quantitative estimate of drug-likeness (QED) is 0.500. The second kappa shape index (κ2) is 7.27. The molecule has 144 valence electrons. The fourth-order valence-corrected chi connectivity index (χ4v) is 4.22. The summed E-state index contributed by atoms with van der Waals surface area (Å²) in [5.74, 6) is 0.370. The lowest BCUT2D eigenvalue weighted by atomic mass is 10.0. The highest BCUT2D eigenvalue weighted by molar-refractivity contribution is 7.99. The van der Waals surface area contributed by atoms with Crippen molar-refractivity contribution in [2.75, 3.05) is 10.7 Å². The van der Waals surface area contributed by atoms with Crippen molar-refractivity contribution in [3.05, 3.63) is 48.3 Å². The largest absolute Gasteiger partial charge is 0.854 e. The summed E-state index contributed by atoms with van der Waals surface area (Å²) in [6.45, 7) is 3.60. The van der Waals surface area contributed by atoms with Gasteiger partial charge in [0.1, 0.15) is 5.69 Å². The van der Waals surface area contributed by atoms with E-state index in [4.69, 9.17) is 0 Å². The third kappa shape index (κ3) is 2.93. The number of fused-ring (bicyclic) bond motifs is 3. The Morgan fingerprint density at radius 2 is 2.07 bits per heavy atom. The number of benzene rings is 1. The van der Waals surface area contributed by atoms with Gasteiger partial charge in [0, 0.05) is 31.0 Å². The SMILES string of the molecule is CCCSc1nc([O-])c2[n+](n1)C(c1cccn1C)N(C(C)=O)c1ccccc1-2. The summed E-state index contributed by atoms with van der Waals surface area (Å²) in [7, 11) is 1.92. The molecule has 0 saturated carbocycles.